The smallest absolute Gasteiger partial charge is 0.234 e. The number of carboxylic acid groups (broad SMARTS) is 1. The molecule has 0 unspecified atom stereocenters. The Morgan fingerprint density at radius 1 is 1.00 bits per heavy atom. The largest absolute Gasteiger partial charge is 0.545 e. The highest BCUT2D eigenvalue weighted by molar-refractivity contribution is 8.00. The molecule has 1 amide bonds. The number of hydrogen-bond donors (Lipinski definition) is 1. The zero-order valence-corrected chi connectivity index (χ0v) is 19.1. The Hall–Kier alpha value is -3.71. The lowest BCUT2D eigenvalue weighted by atomic mass is 10.1. The minimum atomic E-state index is -1.29. The van der Waals surface area contributed by atoms with Gasteiger partial charge < -0.3 is 15.2 Å². The molecule has 1 N–H and O–H groups in total. The molecule has 4 aromatic rings. The minimum Gasteiger partial charge on any atom is -0.545 e. The Balaban J connectivity index is 1.62. The number of aromatic nitrogens is 2. The van der Waals surface area contributed by atoms with Crippen molar-refractivity contribution in [3.05, 3.63) is 83.4 Å². The Morgan fingerprint density at radius 2 is 1.82 bits per heavy atom. The summed E-state index contributed by atoms with van der Waals surface area (Å²) in [4.78, 5) is 33.2. The maximum Gasteiger partial charge on any atom is 0.234 e. The number of thioether (sulfide) groups is 1. The molecule has 1 aromatic heterocycles. The highest BCUT2D eigenvalue weighted by atomic mass is 32.2. The van der Waals surface area contributed by atoms with Gasteiger partial charge in [-0.3, -0.25) is 4.79 Å². The fraction of sp³-hybridized carbons (Fsp3) is 0.154. The van der Waals surface area contributed by atoms with Crippen LogP contribution in [0.2, 0.25) is 0 Å². The van der Waals surface area contributed by atoms with E-state index in [2.05, 4.69) is 24.4 Å². The molecule has 0 saturated carbocycles. The van der Waals surface area contributed by atoms with Crippen molar-refractivity contribution >= 4 is 40.2 Å². The van der Waals surface area contributed by atoms with Gasteiger partial charge in [0.1, 0.15) is 5.03 Å². The Labute approximate surface area is 196 Å². The maximum absolute atomic E-state index is 12.6. The number of aromatic carboxylic acids is 1. The number of carbonyl (C=O) groups is 2. The standard InChI is InChI=1S/C26H23N3O3S/c1-3-17-10-11-22-21(13-17)25(29-24(28-22)18-7-4-6-16(2)12-18)33-15-23(30)27-20-9-5-8-19(14-20)26(31)32/h4-14H,3,15H2,1-2H3,(H,27,30)(H,31,32)/p-1. The van der Waals surface area contributed by atoms with Crippen LogP contribution in [0.1, 0.15) is 28.4 Å². The van der Waals surface area contributed by atoms with E-state index in [0.29, 0.717) is 11.5 Å². The first-order chi connectivity index (χ1) is 15.9. The van der Waals surface area contributed by atoms with E-state index in [4.69, 9.17) is 9.97 Å². The number of nitrogens with zero attached hydrogens (tertiary/aromatic N) is 2. The highest BCUT2D eigenvalue weighted by Crippen LogP contribution is 2.30. The summed E-state index contributed by atoms with van der Waals surface area (Å²) < 4.78 is 0. The first-order valence-electron chi connectivity index (χ1n) is 10.5. The summed E-state index contributed by atoms with van der Waals surface area (Å²) in [6, 6.07) is 20.1. The summed E-state index contributed by atoms with van der Waals surface area (Å²) >= 11 is 1.33. The van der Waals surface area contributed by atoms with Crippen molar-refractivity contribution in [1.82, 2.24) is 9.97 Å². The van der Waals surface area contributed by atoms with Crippen molar-refractivity contribution < 1.29 is 14.7 Å². The van der Waals surface area contributed by atoms with Gasteiger partial charge in [-0.2, -0.15) is 0 Å². The van der Waals surface area contributed by atoms with Crippen LogP contribution in [-0.4, -0.2) is 27.6 Å². The van der Waals surface area contributed by atoms with Crippen LogP contribution in [0.3, 0.4) is 0 Å². The number of amides is 1. The second-order valence-corrected chi connectivity index (χ2v) is 8.60. The summed E-state index contributed by atoms with van der Waals surface area (Å²) in [5.74, 6) is -0.819. The minimum absolute atomic E-state index is 0.0112. The lowest BCUT2D eigenvalue weighted by molar-refractivity contribution is -0.255. The van der Waals surface area contributed by atoms with Gasteiger partial charge in [0, 0.05) is 16.6 Å². The number of carbonyl (C=O) groups excluding carboxylic acids is 2. The normalized spacial score (nSPS) is 10.8. The molecular weight excluding hydrogens is 434 g/mol. The van der Waals surface area contributed by atoms with E-state index in [9.17, 15) is 14.7 Å². The van der Waals surface area contributed by atoms with Gasteiger partial charge in [0.2, 0.25) is 5.91 Å². The van der Waals surface area contributed by atoms with Crippen molar-refractivity contribution in [2.24, 2.45) is 0 Å². The van der Waals surface area contributed by atoms with Crippen LogP contribution in [0.25, 0.3) is 22.3 Å². The second-order valence-electron chi connectivity index (χ2n) is 7.63. The number of rotatable bonds is 7. The maximum atomic E-state index is 12.6. The van der Waals surface area contributed by atoms with Crippen molar-refractivity contribution in [2.75, 3.05) is 11.1 Å². The molecule has 0 aliphatic heterocycles. The van der Waals surface area contributed by atoms with Crippen molar-refractivity contribution in [3.63, 3.8) is 0 Å². The lowest BCUT2D eigenvalue weighted by Gasteiger charge is -2.11. The van der Waals surface area contributed by atoms with Crippen LogP contribution < -0.4 is 10.4 Å². The van der Waals surface area contributed by atoms with Crippen LogP contribution in [0, 0.1) is 6.92 Å². The molecule has 33 heavy (non-hydrogen) atoms. The van der Waals surface area contributed by atoms with E-state index in [1.807, 2.05) is 37.3 Å². The first-order valence-corrected chi connectivity index (χ1v) is 11.5. The molecular formula is C26H22N3O3S-. The zero-order valence-electron chi connectivity index (χ0n) is 18.3. The molecule has 0 fully saturated rings. The molecule has 6 nitrogen and oxygen atoms in total. The third-order valence-corrected chi connectivity index (χ3v) is 6.12. The molecule has 4 rings (SSSR count). The number of benzene rings is 3. The topological polar surface area (TPSA) is 95.0 Å². The van der Waals surface area contributed by atoms with Gasteiger partial charge in [-0.1, -0.05) is 60.6 Å². The summed E-state index contributed by atoms with van der Waals surface area (Å²) in [6.45, 7) is 4.11. The molecule has 0 aliphatic rings. The molecule has 0 spiro atoms. The average Bonchev–Trinajstić information content (AvgIpc) is 2.82. The van der Waals surface area contributed by atoms with E-state index in [1.165, 1.54) is 29.5 Å². The molecule has 7 heteroatoms. The van der Waals surface area contributed by atoms with E-state index in [1.54, 1.807) is 12.1 Å². The van der Waals surface area contributed by atoms with E-state index in [-0.39, 0.29) is 17.2 Å². The summed E-state index contributed by atoms with van der Waals surface area (Å²) in [7, 11) is 0. The average molecular weight is 457 g/mol. The van der Waals surface area contributed by atoms with Gasteiger partial charge in [0.25, 0.3) is 0 Å². The van der Waals surface area contributed by atoms with E-state index >= 15 is 0 Å². The Morgan fingerprint density at radius 3 is 2.58 bits per heavy atom. The fourth-order valence-electron chi connectivity index (χ4n) is 3.45. The predicted octanol–water partition coefficient (Wildman–Crippen LogP) is 4.26. The molecule has 0 bridgehead atoms. The lowest BCUT2D eigenvalue weighted by Crippen LogP contribution is -2.22. The Kier molecular flexibility index (Phi) is 6.70. The van der Waals surface area contributed by atoms with Crippen LogP contribution in [-0.2, 0) is 11.2 Å². The van der Waals surface area contributed by atoms with Gasteiger partial charge in [0.05, 0.1) is 17.2 Å². The van der Waals surface area contributed by atoms with E-state index in [0.717, 1.165) is 33.5 Å². The number of anilines is 1. The summed E-state index contributed by atoms with van der Waals surface area (Å²) in [5, 5.41) is 15.4. The Bertz CT molecular complexity index is 1350. The molecule has 1 heterocycles. The van der Waals surface area contributed by atoms with Crippen LogP contribution >= 0.6 is 11.8 Å². The molecule has 0 saturated heterocycles. The van der Waals surface area contributed by atoms with Crippen LogP contribution in [0.5, 0.6) is 0 Å². The van der Waals surface area contributed by atoms with Gasteiger partial charge in [-0.25, -0.2) is 9.97 Å². The van der Waals surface area contributed by atoms with Crippen molar-refractivity contribution in [2.45, 2.75) is 25.3 Å². The number of carboxylic acids is 1. The third kappa shape index (κ3) is 5.38. The molecule has 0 aliphatic carbocycles. The third-order valence-electron chi connectivity index (χ3n) is 5.13. The van der Waals surface area contributed by atoms with Crippen LogP contribution in [0.15, 0.2) is 71.8 Å². The van der Waals surface area contributed by atoms with Gasteiger partial charge in [0.15, 0.2) is 5.82 Å². The van der Waals surface area contributed by atoms with E-state index < -0.39 is 5.97 Å². The quantitative estimate of drug-likeness (QED) is 0.330. The summed E-state index contributed by atoms with van der Waals surface area (Å²) in [5.41, 5.74) is 4.44. The van der Waals surface area contributed by atoms with Crippen molar-refractivity contribution in [1.29, 1.82) is 0 Å². The van der Waals surface area contributed by atoms with Gasteiger partial charge in [-0.15, -0.1) is 0 Å². The predicted molar refractivity (Wildman–Crippen MR) is 129 cm³/mol. The molecule has 0 radical (unpaired) electrons. The highest BCUT2D eigenvalue weighted by Gasteiger charge is 2.13. The number of aryl methyl sites for hydroxylation is 2. The number of hydrogen-bond acceptors (Lipinski definition) is 6. The van der Waals surface area contributed by atoms with Crippen LogP contribution in [0.4, 0.5) is 5.69 Å². The number of fused-ring (bicyclic) bond motifs is 1. The zero-order chi connectivity index (χ0) is 23.4. The fourth-order valence-corrected chi connectivity index (χ4v) is 4.26. The molecule has 3 aromatic carbocycles. The first kappa shape index (κ1) is 22.5. The number of nitrogens with one attached hydrogen (secondary N) is 1. The van der Waals surface area contributed by atoms with Gasteiger partial charge >= 0.3 is 0 Å². The van der Waals surface area contributed by atoms with Crippen molar-refractivity contribution in [3.8, 4) is 11.4 Å². The molecule has 0 atom stereocenters. The SMILES string of the molecule is CCc1ccc2nc(-c3cccc(C)c3)nc(SCC(=O)Nc3cccc(C(=O)[O-])c3)c2c1. The second kappa shape index (κ2) is 9.83. The molecule has 166 valence electrons. The van der Waals surface area contributed by atoms with Gasteiger partial charge in [-0.05, 0) is 54.8 Å². The monoisotopic (exact) mass is 456 g/mol. The summed E-state index contributed by atoms with van der Waals surface area (Å²) in [6.07, 6.45) is 0.884.